The zero-order valence-electron chi connectivity index (χ0n) is 22.2. The van der Waals surface area contributed by atoms with E-state index in [2.05, 4.69) is 4.99 Å². The summed E-state index contributed by atoms with van der Waals surface area (Å²) in [5.41, 5.74) is 3.58. The van der Waals surface area contributed by atoms with Crippen molar-refractivity contribution in [2.24, 2.45) is 4.99 Å². The average Bonchev–Trinajstić information content (AvgIpc) is 3.64. The molecule has 0 amide bonds. The molecule has 1 atom stereocenters. The number of carbonyl (C=O) groups excluding carboxylic acids is 1. The number of fused-ring (bicyclic) bond motifs is 1. The van der Waals surface area contributed by atoms with Gasteiger partial charge in [-0.1, -0.05) is 90.2 Å². The largest absolute Gasteiger partial charge is 0.489 e. The third-order valence-corrected chi connectivity index (χ3v) is 8.60. The van der Waals surface area contributed by atoms with Crippen LogP contribution < -0.4 is 19.6 Å². The Morgan fingerprint density at radius 1 is 0.902 bits per heavy atom. The maximum Gasteiger partial charge on any atom is 0.338 e. The molecular formula is C33H26N2O4S2. The number of benzene rings is 3. The summed E-state index contributed by atoms with van der Waals surface area (Å²) in [7, 11) is 0. The van der Waals surface area contributed by atoms with Crippen molar-refractivity contribution >= 4 is 34.7 Å². The van der Waals surface area contributed by atoms with Crippen LogP contribution in [-0.2, 0) is 22.7 Å². The van der Waals surface area contributed by atoms with Crippen LogP contribution in [0.3, 0.4) is 0 Å². The zero-order chi connectivity index (χ0) is 28.2. The predicted molar refractivity (Wildman–Crippen MR) is 162 cm³/mol. The quantitative estimate of drug-likeness (QED) is 0.224. The lowest BCUT2D eigenvalue weighted by atomic mass is 10.0. The van der Waals surface area contributed by atoms with Crippen LogP contribution in [0.1, 0.15) is 34.5 Å². The normalized spacial score (nSPS) is 14.9. The molecule has 6 nitrogen and oxygen atoms in total. The van der Waals surface area contributed by atoms with E-state index >= 15 is 0 Å². The number of rotatable bonds is 8. The van der Waals surface area contributed by atoms with E-state index in [1.54, 1.807) is 11.5 Å². The highest BCUT2D eigenvalue weighted by Crippen LogP contribution is 2.33. The fraction of sp³-hybridized carbons (Fsp3) is 0.121. The van der Waals surface area contributed by atoms with E-state index in [0.29, 0.717) is 27.2 Å². The van der Waals surface area contributed by atoms with Crippen LogP contribution in [0.25, 0.3) is 6.08 Å². The van der Waals surface area contributed by atoms with E-state index in [4.69, 9.17) is 9.47 Å². The Morgan fingerprint density at radius 2 is 1.59 bits per heavy atom. The molecule has 0 aliphatic carbocycles. The van der Waals surface area contributed by atoms with Crippen molar-refractivity contribution in [1.82, 2.24) is 4.57 Å². The summed E-state index contributed by atoms with van der Waals surface area (Å²) >= 11 is 2.81. The first-order valence-corrected chi connectivity index (χ1v) is 14.8. The summed E-state index contributed by atoms with van der Waals surface area (Å²) in [6.07, 6.45) is 1.85. The molecule has 204 valence electrons. The number of hydrogen-bond donors (Lipinski definition) is 0. The molecule has 6 rings (SSSR count). The van der Waals surface area contributed by atoms with Crippen LogP contribution in [0.2, 0.25) is 0 Å². The molecule has 0 bridgehead atoms. The summed E-state index contributed by atoms with van der Waals surface area (Å²) in [5, 5.41) is 1.94. The van der Waals surface area contributed by atoms with Gasteiger partial charge in [0.1, 0.15) is 25.0 Å². The fourth-order valence-corrected chi connectivity index (χ4v) is 6.52. The number of hydrogen-bond acceptors (Lipinski definition) is 7. The molecule has 0 radical (unpaired) electrons. The molecule has 1 unspecified atom stereocenters. The summed E-state index contributed by atoms with van der Waals surface area (Å²) in [6, 6.07) is 30.4. The average molecular weight is 579 g/mol. The highest BCUT2D eigenvalue weighted by molar-refractivity contribution is 7.10. The van der Waals surface area contributed by atoms with Gasteiger partial charge < -0.3 is 9.47 Å². The molecule has 8 heteroatoms. The number of thiophene rings is 1. The standard InChI is InChI=1S/C33H26N2O4S2/c1-22-29(32(37)39-21-25-11-6-3-7-12-25)30(27-13-8-18-40-27)35-31(36)28(41-33(35)34-22)19-23-14-16-26(17-15-23)38-20-24-9-4-2-5-10-24/h2-19,30H,20-21H2,1H3. The van der Waals surface area contributed by atoms with Crippen molar-refractivity contribution in [2.75, 3.05) is 0 Å². The lowest BCUT2D eigenvalue weighted by molar-refractivity contribution is -0.140. The molecule has 2 aromatic heterocycles. The number of allylic oxidation sites excluding steroid dienone is 1. The van der Waals surface area contributed by atoms with Gasteiger partial charge in [-0.3, -0.25) is 9.36 Å². The van der Waals surface area contributed by atoms with E-state index < -0.39 is 12.0 Å². The van der Waals surface area contributed by atoms with E-state index in [1.165, 1.54) is 22.7 Å². The fourth-order valence-electron chi connectivity index (χ4n) is 4.65. The van der Waals surface area contributed by atoms with Crippen molar-refractivity contribution in [3.05, 3.63) is 155 Å². The van der Waals surface area contributed by atoms with Crippen LogP contribution >= 0.6 is 22.7 Å². The number of nitrogens with zero attached hydrogens (tertiary/aromatic N) is 2. The minimum absolute atomic E-state index is 0.142. The van der Waals surface area contributed by atoms with E-state index in [-0.39, 0.29) is 12.2 Å². The maximum absolute atomic E-state index is 13.8. The van der Waals surface area contributed by atoms with Gasteiger partial charge in [0.15, 0.2) is 4.80 Å². The second-order valence-electron chi connectivity index (χ2n) is 9.50. The minimum atomic E-state index is -0.606. The monoisotopic (exact) mass is 578 g/mol. The molecule has 5 aromatic rings. The third-order valence-electron chi connectivity index (χ3n) is 6.69. The molecule has 0 spiro atoms. The minimum Gasteiger partial charge on any atom is -0.489 e. The van der Waals surface area contributed by atoms with Gasteiger partial charge in [0.25, 0.3) is 5.56 Å². The smallest absolute Gasteiger partial charge is 0.338 e. The van der Waals surface area contributed by atoms with Crippen molar-refractivity contribution in [1.29, 1.82) is 0 Å². The van der Waals surface area contributed by atoms with Crippen molar-refractivity contribution in [3.8, 4) is 5.75 Å². The SMILES string of the molecule is CC1=C(C(=O)OCc2ccccc2)C(c2cccs2)n2c(sc(=Cc3ccc(OCc4ccccc4)cc3)c2=O)=N1. The number of esters is 1. The second-order valence-corrected chi connectivity index (χ2v) is 11.5. The van der Waals surface area contributed by atoms with Crippen LogP contribution in [0.15, 0.2) is 123 Å². The number of carbonyl (C=O) groups is 1. The summed E-state index contributed by atoms with van der Waals surface area (Å²) < 4.78 is 13.7. The van der Waals surface area contributed by atoms with Gasteiger partial charge in [0.05, 0.1) is 15.8 Å². The molecule has 0 saturated carbocycles. The summed E-state index contributed by atoms with van der Waals surface area (Å²) in [5.74, 6) is 0.272. The number of ether oxygens (including phenoxy) is 2. The van der Waals surface area contributed by atoms with Gasteiger partial charge in [-0.25, -0.2) is 9.79 Å². The molecule has 3 aromatic carbocycles. The van der Waals surface area contributed by atoms with Gasteiger partial charge in [-0.05, 0) is 53.3 Å². The Bertz CT molecular complexity index is 1870. The van der Waals surface area contributed by atoms with Crippen molar-refractivity contribution in [2.45, 2.75) is 26.2 Å². The first kappa shape index (κ1) is 26.7. The van der Waals surface area contributed by atoms with Gasteiger partial charge in [-0.15, -0.1) is 11.3 Å². The van der Waals surface area contributed by atoms with Crippen molar-refractivity contribution in [3.63, 3.8) is 0 Å². The number of thiazole rings is 1. The van der Waals surface area contributed by atoms with Gasteiger partial charge in [0.2, 0.25) is 0 Å². The first-order valence-electron chi connectivity index (χ1n) is 13.1. The Labute approximate surface area is 244 Å². The van der Waals surface area contributed by atoms with E-state index in [1.807, 2.05) is 109 Å². The molecule has 3 heterocycles. The lowest BCUT2D eigenvalue weighted by Crippen LogP contribution is -2.39. The molecule has 0 saturated heterocycles. The first-order chi connectivity index (χ1) is 20.1. The Balaban J connectivity index is 1.29. The Morgan fingerprint density at radius 3 is 2.24 bits per heavy atom. The molecular weight excluding hydrogens is 553 g/mol. The summed E-state index contributed by atoms with van der Waals surface area (Å²) in [4.78, 5) is 33.3. The molecule has 1 aliphatic rings. The van der Waals surface area contributed by atoms with Gasteiger partial charge in [0, 0.05) is 4.88 Å². The molecule has 0 N–H and O–H groups in total. The Hall–Kier alpha value is -4.53. The van der Waals surface area contributed by atoms with Crippen LogP contribution in [-0.4, -0.2) is 10.5 Å². The highest BCUT2D eigenvalue weighted by Gasteiger charge is 2.34. The van der Waals surface area contributed by atoms with E-state index in [9.17, 15) is 9.59 Å². The van der Waals surface area contributed by atoms with Gasteiger partial charge in [-0.2, -0.15) is 0 Å². The summed E-state index contributed by atoms with van der Waals surface area (Å²) in [6.45, 7) is 2.42. The van der Waals surface area contributed by atoms with Crippen LogP contribution in [0.5, 0.6) is 5.75 Å². The van der Waals surface area contributed by atoms with E-state index in [0.717, 1.165) is 27.3 Å². The molecule has 41 heavy (non-hydrogen) atoms. The molecule has 1 aliphatic heterocycles. The van der Waals surface area contributed by atoms with Crippen LogP contribution in [0, 0.1) is 0 Å². The van der Waals surface area contributed by atoms with Crippen LogP contribution in [0.4, 0.5) is 0 Å². The lowest BCUT2D eigenvalue weighted by Gasteiger charge is -2.23. The highest BCUT2D eigenvalue weighted by atomic mass is 32.1. The zero-order valence-corrected chi connectivity index (χ0v) is 23.9. The predicted octanol–water partition coefficient (Wildman–Crippen LogP) is 5.62. The Kier molecular flexibility index (Phi) is 7.75. The number of aromatic nitrogens is 1. The van der Waals surface area contributed by atoms with Gasteiger partial charge >= 0.3 is 5.97 Å². The molecule has 0 fully saturated rings. The van der Waals surface area contributed by atoms with Crippen molar-refractivity contribution < 1.29 is 14.3 Å². The third kappa shape index (κ3) is 5.84. The maximum atomic E-state index is 13.8. The second kappa shape index (κ2) is 11.9. The topological polar surface area (TPSA) is 69.9 Å².